The zero-order valence-electron chi connectivity index (χ0n) is 8.35. The van der Waals surface area contributed by atoms with Crippen molar-refractivity contribution in [1.82, 2.24) is 14.1 Å². The van der Waals surface area contributed by atoms with Crippen molar-refractivity contribution in [3.8, 4) is 0 Å². The van der Waals surface area contributed by atoms with E-state index in [1.165, 1.54) is 4.57 Å². The maximum Gasteiger partial charge on any atom is 0.353 e. The molecule has 2 heterocycles. The summed E-state index contributed by atoms with van der Waals surface area (Å²) < 4.78 is 2.51. The van der Waals surface area contributed by atoms with Crippen molar-refractivity contribution in [3.63, 3.8) is 0 Å². The van der Waals surface area contributed by atoms with Crippen LogP contribution in [0.2, 0.25) is 0 Å². The van der Waals surface area contributed by atoms with E-state index in [2.05, 4.69) is 4.98 Å². The number of fused-ring (bicyclic) bond motifs is 1. The Balaban J connectivity index is 2.59. The van der Waals surface area contributed by atoms with E-state index >= 15 is 0 Å². The minimum Gasteiger partial charge on any atom is -0.395 e. The van der Waals surface area contributed by atoms with Crippen LogP contribution in [-0.4, -0.2) is 25.8 Å². The average molecular weight is 211 g/mol. The third-order valence-electron chi connectivity index (χ3n) is 2.58. The first-order valence-corrected chi connectivity index (χ1v) is 5.05. The molecule has 0 bridgehead atoms. The van der Waals surface area contributed by atoms with Gasteiger partial charge in [-0.1, -0.05) is 0 Å². The van der Waals surface area contributed by atoms with E-state index in [0.717, 1.165) is 17.4 Å². The minimum atomic E-state index is -0.554. The second-order valence-corrected chi connectivity index (χ2v) is 3.58. The Morgan fingerprint density at radius 3 is 2.87 bits per heavy atom. The molecular weight excluding hydrogens is 198 g/mol. The molecule has 0 aliphatic carbocycles. The van der Waals surface area contributed by atoms with Gasteiger partial charge in [0.1, 0.15) is 5.82 Å². The van der Waals surface area contributed by atoms with Crippen molar-refractivity contribution in [1.29, 1.82) is 0 Å². The lowest BCUT2D eigenvalue weighted by atomic mass is 10.2. The molecule has 0 atom stereocenters. The van der Waals surface area contributed by atoms with Crippen LogP contribution in [0.5, 0.6) is 0 Å². The fourth-order valence-corrected chi connectivity index (χ4v) is 1.83. The van der Waals surface area contributed by atoms with E-state index in [1.807, 2.05) is 0 Å². The molecule has 0 radical (unpaired) electrons. The molecule has 0 unspecified atom stereocenters. The molecule has 1 aromatic heterocycles. The molecule has 0 saturated heterocycles. The third kappa shape index (κ3) is 1.72. The molecule has 1 aliphatic heterocycles. The number of aromatic nitrogens is 3. The third-order valence-corrected chi connectivity index (χ3v) is 2.58. The number of aryl methyl sites for hydroxylation is 1. The van der Waals surface area contributed by atoms with E-state index in [-0.39, 0.29) is 18.8 Å². The summed E-state index contributed by atoms with van der Waals surface area (Å²) in [7, 11) is 0. The van der Waals surface area contributed by atoms with Gasteiger partial charge in [-0.25, -0.2) is 14.2 Å². The number of nitrogens with zero attached hydrogens (tertiary/aromatic N) is 3. The number of hydrogen-bond acceptors (Lipinski definition) is 4. The van der Waals surface area contributed by atoms with E-state index in [1.54, 1.807) is 0 Å². The maximum absolute atomic E-state index is 11.8. The minimum absolute atomic E-state index is 0.0188. The SMILES string of the molecule is O=c1nc2n(c(=O)n1CCO)CCCC2. The van der Waals surface area contributed by atoms with Gasteiger partial charge < -0.3 is 5.11 Å². The summed E-state index contributed by atoms with van der Waals surface area (Å²) in [6.07, 6.45) is 2.59. The Morgan fingerprint density at radius 1 is 1.33 bits per heavy atom. The van der Waals surface area contributed by atoms with Gasteiger partial charge in [0, 0.05) is 13.0 Å². The van der Waals surface area contributed by atoms with Crippen LogP contribution >= 0.6 is 0 Å². The van der Waals surface area contributed by atoms with Crippen LogP contribution in [0.4, 0.5) is 0 Å². The van der Waals surface area contributed by atoms with Gasteiger partial charge in [-0.2, -0.15) is 4.98 Å². The second-order valence-electron chi connectivity index (χ2n) is 3.58. The standard InChI is InChI=1S/C9H13N3O3/c13-6-5-12-8(14)10-7-3-1-2-4-11(7)9(12)15/h13H,1-6H2. The van der Waals surface area contributed by atoms with E-state index < -0.39 is 5.69 Å². The van der Waals surface area contributed by atoms with E-state index in [9.17, 15) is 9.59 Å². The largest absolute Gasteiger partial charge is 0.395 e. The molecule has 6 nitrogen and oxygen atoms in total. The fourth-order valence-electron chi connectivity index (χ4n) is 1.83. The summed E-state index contributed by atoms with van der Waals surface area (Å²) >= 11 is 0. The first kappa shape index (κ1) is 10.1. The molecule has 0 aromatic carbocycles. The summed E-state index contributed by atoms with van der Waals surface area (Å²) in [6.45, 7) is 0.411. The molecule has 0 fully saturated rings. The van der Waals surface area contributed by atoms with E-state index in [4.69, 9.17) is 5.11 Å². The van der Waals surface area contributed by atoms with Gasteiger partial charge in [0.05, 0.1) is 13.2 Å². The van der Waals surface area contributed by atoms with Gasteiger partial charge in [-0.3, -0.25) is 4.57 Å². The first-order valence-electron chi connectivity index (χ1n) is 5.05. The van der Waals surface area contributed by atoms with Crippen LogP contribution in [0.15, 0.2) is 9.59 Å². The van der Waals surface area contributed by atoms with Crippen molar-refractivity contribution in [2.75, 3.05) is 6.61 Å². The molecule has 0 amide bonds. The topological polar surface area (TPSA) is 77.1 Å². The smallest absolute Gasteiger partial charge is 0.353 e. The summed E-state index contributed by atoms with van der Waals surface area (Å²) in [5.74, 6) is 0.574. The van der Waals surface area contributed by atoms with Crippen LogP contribution in [0.1, 0.15) is 18.7 Å². The molecule has 0 spiro atoms. The molecule has 1 N–H and O–H groups in total. The quantitative estimate of drug-likeness (QED) is 0.662. The van der Waals surface area contributed by atoms with Crippen LogP contribution in [0.3, 0.4) is 0 Å². The number of rotatable bonds is 2. The number of aliphatic hydroxyl groups is 1. The van der Waals surface area contributed by atoms with Crippen LogP contribution in [0.25, 0.3) is 0 Å². The van der Waals surface area contributed by atoms with E-state index in [0.29, 0.717) is 18.8 Å². The van der Waals surface area contributed by atoms with Gasteiger partial charge in [-0.15, -0.1) is 0 Å². The Kier molecular flexibility index (Phi) is 2.68. The van der Waals surface area contributed by atoms with Crippen LogP contribution in [-0.2, 0) is 19.5 Å². The van der Waals surface area contributed by atoms with Gasteiger partial charge in [-0.05, 0) is 12.8 Å². The Hall–Kier alpha value is -1.43. The zero-order valence-corrected chi connectivity index (χ0v) is 8.35. The molecular formula is C9H13N3O3. The van der Waals surface area contributed by atoms with Crippen molar-refractivity contribution in [3.05, 3.63) is 26.8 Å². The van der Waals surface area contributed by atoms with Crippen molar-refractivity contribution >= 4 is 0 Å². The zero-order chi connectivity index (χ0) is 10.8. The lowest BCUT2D eigenvalue weighted by Gasteiger charge is -2.17. The van der Waals surface area contributed by atoms with Crippen molar-refractivity contribution in [2.45, 2.75) is 32.4 Å². The highest BCUT2D eigenvalue weighted by molar-refractivity contribution is 4.92. The molecule has 6 heteroatoms. The highest BCUT2D eigenvalue weighted by Gasteiger charge is 2.15. The second kappa shape index (κ2) is 3.98. The number of aliphatic hydroxyl groups excluding tert-OH is 1. The molecule has 82 valence electrons. The van der Waals surface area contributed by atoms with Gasteiger partial charge >= 0.3 is 11.4 Å². The highest BCUT2D eigenvalue weighted by atomic mass is 16.3. The summed E-state index contributed by atoms with van der Waals surface area (Å²) in [6, 6.07) is 0. The van der Waals surface area contributed by atoms with Gasteiger partial charge in [0.25, 0.3) is 0 Å². The lowest BCUT2D eigenvalue weighted by Crippen LogP contribution is -2.45. The monoisotopic (exact) mass is 211 g/mol. The Labute approximate surface area is 85.8 Å². The fraction of sp³-hybridized carbons (Fsp3) is 0.667. The Morgan fingerprint density at radius 2 is 2.13 bits per heavy atom. The van der Waals surface area contributed by atoms with Crippen molar-refractivity contribution in [2.24, 2.45) is 0 Å². The van der Waals surface area contributed by atoms with Crippen LogP contribution in [0, 0.1) is 0 Å². The highest BCUT2D eigenvalue weighted by Crippen LogP contribution is 2.07. The van der Waals surface area contributed by atoms with Crippen molar-refractivity contribution < 1.29 is 5.11 Å². The normalized spacial score (nSPS) is 15.0. The van der Waals surface area contributed by atoms with Gasteiger partial charge in [0.2, 0.25) is 0 Å². The first-order chi connectivity index (χ1) is 7.24. The van der Waals surface area contributed by atoms with Gasteiger partial charge in [0.15, 0.2) is 0 Å². The van der Waals surface area contributed by atoms with Crippen LogP contribution < -0.4 is 11.4 Å². The molecule has 1 aliphatic rings. The summed E-state index contributed by atoms with van der Waals surface area (Å²) in [4.78, 5) is 27.1. The molecule has 15 heavy (non-hydrogen) atoms. The predicted octanol–water partition coefficient (Wildman–Crippen LogP) is -1.27. The molecule has 1 aromatic rings. The predicted molar refractivity (Wildman–Crippen MR) is 52.8 cm³/mol. The maximum atomic E-state index is 11.8. The molecule has 2 rings (SSSR count). The Bertz CT molecular complexity index is 474. The average Bonchev–Trinajstić information content (AvgIpc) is 2.24. The molecule has 0 saturated carbocycles. The number of hydrogen-bond donors (Lipinski definition) is 1. The summed E-state index contributed by atoms with van der Waals surface area (Å²) in [5.41, 5.74) is -0.902. The lowest BCUT2D eigenvalue weighted by molar-refractivity contribution is 0.266. The summed E-state index contributed by atoms with van der Waals surface area (Å²) in [5, 5.41) is 8.74.